The van der Waals surface area contributed by atoms with Gasteiger partial charge in [-0.1, -0.05) is 37.3 Å². The van der Waals surface area contributed by atoms with E-state index in [4.69, 9.17) is 9.84 Å². The summed E-state index contributed by atoms with van der Waals surface area (Å²) < 4.78 is 5.09. The van der Waals surface area contributed by atoms with Gasteiger partial charge in [-0.3, -0.25) is 9.59 Å². The third-order valence-corrected chi connectivity index (χ3v) is 3.25. The van der Waals surface area contributed by atoms with Gasteiger partial charge in [0.1, 0.15) is 6.10 Å². The van der Waals surface area contributed by atoms with Crippen LogP contribution in [-0.2, 0) is 14.3 Å². The first-order valence-corrected chi connectivity index (χ1v) is 5.68. The van der Waals surface area contributed by atoms with E-state index in [1.165, 1.54) is 6.92 Å². The molecular weight excluding hydrogens is 236 g/mol. The zero-order valence-electron chi connectivity index (χ0n) is 9.82. The summed E-state index contributed by atoms with van der Waals surface area (Å²) in [5.74, 6) is -3.77. The standard InChI is InChI=1S/C13H14O5/c1-7(12(15)16)9-10(14)11(18-13(9)17)8-5-3-2-4-6-8/h2-7,9-11,14H,1H3,(H,15,16). The van der Waals surface area contributed by atoms with Crippen molar-refractivity contribution in [1.82, 2.24) is 0 Å². The Bertz CT molecular complexity index is 456. The third-order valence-electron chi connectivity index (χ3n) is 3.25. The molecule has 1 saturated heterocycles. The fraction of sp³-hybridized carbons (Fsp3) is 0.385. The van der Waals surface area contributed by atoms with E-state index in [-0.39, 0.29) is 0 Å². The molecule has 4 unspecified atom stereocenters. The van der Waals surface area contributed by atoms with E-state index in [0.29, 0.717) is 5.56 Å². The SMILES string of the molecule is CC(C(=O)O)C1C(=O)OC(c2ccccc2)C1O. The number of carboxylic acid groups (broad SMARTS) is 1. The van der Waals surface area contributed by atoms with Gasteiger partial charge >= 0.3 is 11.9 Å². The van der Waals surface area contributed by atoms with Crippen LogP contribution in [0.2, 0.25) is 0 Å². The van der Waals surface area contributed by atoms with E-state index in [0.717, 1.165) is 0 Å². The van der Waals surface area contributed by atoms with Crippen LogP contribution < -0.4 is 0 Å². The van der Waals surface area contributed by atoms with Crippen LogP contribution in [0, 0.1) is 11.8 Å². The van der Waals surface area contributed by atoms with Crippen molar-refractivity contribution in [3.63, 3.8) is 0 Å². The third kappa shape index (κ3) is 2.09. The summed E-state index contributed by atoms with van der Waals surface area (Å²) in [7, 11) is 0. The molecule has 1 aliphatic heterocycles. The van der Waals surface area contributed by atoms with E-state index in [2.05, 4.69) is 0 Å². The molecule has 1 fully saturated rings. The molecule has 0 aromatic heterocycles. The maximum Gasteiger partial charge on any atom is 0.313 e. The van der Waals surface area contributed by atoms with E-state index >= 15 is 0 Å². The fourth-order valence-corrected chi connectivity index (χ4v) is 2.16. The minimum atomic E-state index is -1.13. The molecule has 1 aromatic rings. The predicted octanol–water partition coefficient (Wildman–Crippen LogP) is 0.982. The first-order valence-electron chi connectivity index (χ1n) is 5.68. The highest BCUT2D eigenvalue weighted by atomic mass is 16.6. The number of carboxylic acids is 1. The molecule has 2 rings (SSSR count). The number of ether oxygens (including phenoxy) is 1. The molecule has 1 heterocycles. The van der Waals surface area contributed by atoms with Gasteiger partial charge in [-0.25, -0.2) is 0 Å². The Kier molecular flexibility index (Phi) is 3.34. The molecule has 0 amide bonds. The largest absolute Gasteiger partial charge is 0.481 e. The zero-order chi connectivity index (χ0) is 13.3. The van der Waals surface area contributed by atoms with Crippen molar-refractivity contribution in [2.24, 2.45) is 11.8 Å². The van der Waals surface area contributed by atoms with Crippen molar-refractivity contribution in [2.45, 2.75) is 19.1 Å². The molecule has 5 nitrogen and oxygen atoms in total. The smallest absolute Gasteiger partial charge is 0.313 e. The summed E-state index contributed by atoms with van der Waals surface area (Å²) >= 11 is 0. The van der Waals surface area contributed by atoms with Gasteiger partial charge in [0.25, 0.3) is 0 Å². The molecule has 0 radical (unpaired) electrons. The Labute approximate surface area is 104 Å². The minimum absolute atomic E-state index is 0.661. The van der Waals surface area contributed by atoms with Crippen molar-refractivity contribution in [3.8, 4) is 0 Å². The number of aliphatic hydroxyl groups is 1. The first-order chi connectivity index (χ1) is 8.52. The Hall–Kier alpha value is -1.88. The van der Waals surface area contributed by atoms with Gasteiger partial charge in [0.05, 0.1) is 11.8 Å². The predicted molar refractivity (Wildman–Crippen MR) is 61.6 cm³/mol. The van der Waals surface area contributed by atoms with Crippen molar-refractivity contribution in [1.29, 1.82) is 0 Å². The Balaban J connectivity index is 2.24. The van der Waals surface area contributed by atoms with Gasteiger partial charge in [-0.2, -0.15) is 0 Å². The van der Waals surface area contributed by atoms with E-state index in [1.54, 1.807) is 24.3 Å². The average Bonchev–Trinajstić information content (AvgIpc) is 2.65. The second-order valence-electron chi connectivity index (χ2n) is 4.41. The number of rotatable bonds is 3. The Morgan fingerprint density at radius 3 is 2.50 bits per heavy atom. The lowest BCUT2D eigenvalue weighted by atomic mass is 9.87. The molecule has 4 atom stereocenters. The maximum atomic E-state index is 11.7. The summed E-state index contributed by atoms with van der Waals surface area (Å²) in [5, 5.41) is 19.0. The van der Waals surface area contributed by atoms with Crippen LogP contribution in [0.3, 0.4) is 0 Å². The number of carbonyl (C=O) groups excluding carboxylic acids is 1. The van der Waals surface area contributed by atoms with E-state index in [1.807, 2.05) is 6.07 Å². The lowest BCUT2D eigenvalue weighted by Gasteiger charge is -2.17. The zero-order valence-corrected chi connectivity index (χ0v) is 9.82. The molecule has 0 aliphatic carbocycles. The minimum Gasteiger partial charge on any atom is -0.481 e. The number of cyclic esters (lactones) is 1. The number of aliphatic hydroxyl groups excluding tert-OH is 1. The average molecular weight is 250 g/mol. The highest BCUT2D eigenvalue weighted by molar-refractivity contribution is 5.83. The Morgan fingerprint density at radius 2 is 1.94 bits per heavy atom. The molecule has 0 saturated carbocycles. The van der Waals surface area contributed by atoms with Crippen LogP contribution in [0.15, 0.2) is 30.3 Å². The molecule has 18 heavy (non-hydrogen) atoms. The topological polar surface area (TPSA) is 83.8 Å². The van der Waals surface area contributed by atoms with Gasteiger partial charge in [0, 0.05) is 0 Å². The van der Waals surface area contributed by atoms with Crippen LogP contribution in [-0.4, -0.2) is 28.3 Å². The molecular formula is C13H14O5. The van der Waals surface area contributed by atoms with Gasteiger partial charge in [-0.05, 0) is 5.56 Å². The number of hydrogen-bond acceptors (Lipinski definition) is 4. The quantitative estimate of drug-likeness (QED) is 0.781. The van der Waals surface area contributed by atoms with Crippen LogP contribution >= 0.6 is 0 Å². The summed E-state index contributed by atoms with van der Waals surface area (Å²) in [6.45, 7) is 1.39. The molecule has 5 heteroatoms. The lowest BCUT2D eigenvalue weighted by Crippen LogP contribution is -2.32. The molecule has 0 spiro atoms. The second kappa shape index (κ2) is 4.78. The van der Waals surface area contributed by atoms with Crippen LogP contribution in [0.5, 0.6) is 0 Å². The van der Waals surface area contributed by atoms with Gasteiger partial charge in [0.2, 0.25) is 0 Å². The van der Waals surface area contributed by atoms with Gasteiger partial charge in [-0.15, -0.1) is 0 Å². The highest BCUT2D eigenvalue weighted by Gasteiger charge is 2.48. The van der Waals surface area contributed by atoms with Crippen molar-refractivity contribution in [2.75, 3.05) is 0 Å². The number of aliphatic carboxylic acids is 1. The number of esters is 1. The van der Waals surface area contributed by atoms with Crippen LogP contribution in [0.1, 0.15) is 18.6 Å². The molecule has 1 aliphatic rings. The summed E-state index contributed by atoms with van der Waals surface area (Å²) in [6, 6.07) is 8.81. The Morgan fingerprint density at radius 1 is 1.33 bits per heavy atom. The number of carbonyl (C=O) groups is 2. The van der Waals surface area contributed by atoms with Gasteiger partial charge in [0.15, 0.2) is 6.10 Å². The van der Waals surface area contributed by atoms with Gasteiger partial charge < -0.3 is 14.9 Å². The number of hydrogen-bond donors (Lipinski definition) is 2. The van der Waals surface area contributed by atoms with Crippen molar-refractivity contribution < 1.29 is 24.5 Å². The van der Waals surface area contributed by atoms with Crippen LogP contribution in [0.25, 0.3) is 0 Å². The monoisotopic (exact) mass is 250 g/mol. The molecule has 0 bridgehead atoms. The summed E-state index contributed by atoms with van der Waals surface area (Å²) in [4.78, 5) is 22.6. The van der Waals surface area contributed by atoms with Crippen molar-refractivity contribution in [3.05, 3.63) is 35.9 Å². The highest BCUT2D eigenvalue weighted by Crippen LogP contribution is 2.37. The van der Waals surface area contributed by atoms with E-state index in [9.17, 15) is 14.7 Å². The molecule has 2 N–H and O–H groups in total. The molecule has 1 aromatic carbocycles. The second-order valence-corrected chi connectivity index (χ2v) is 4.41. The number of benzene rings is 1. The normalized spacial score (nSPS) is 28.8. The van der Waals surface area contributed by atoms with Crippen molar-refractivity contribution >= 4 is 11.9 Å². The first kappa shape index (κ1) is 12.6. The van der Waals surface area contributed by atoms with Crippen LogP contribution in [0.4, 0.5) is 0 Å². The molecule has 96 valence electrons. The fourth-order valence-electron chi connectivity index (χ4n) is 2.16. The van der Waals surface area contributed by atoms with E-state index < -0.39 is 36.0 Å². The summed E-state index contributed by atoms with van der Waals surface area (Å²) in [5.41, 5.74) is 0.665. The lowest BCUT2D eigenvalue weighted by molar-refractivity contribution is -0.152. The summed E-state index contributed by atoms with van der Waals surface area (Å²) in [6.07, 6.45) is -1.92. The maximum absolute atomic E-state index is 11.7.